The molecule has 1 heterocycles. The maximum Gasteiger partial charge on any atom is 0.259 e. The lowest BCUT2D eigenvalue weighted by atomic mass is 10.2. The van der Waals surface area contributed by atoms with Crippen molar-refractivity contribution in [3.05, 3.63) is 75.2 Å². The van der Waals surface area contributed by atoms with E-state index in [0.29, 0.717) is 22.5 Å². The predicted octanol–water partition coefficient (Wildman–Crippen LogP) is 5.21. The topological polar surface area (TPSA) is 69.0 Å². The zero-order valence-electron chi connectivity index (χ0n) is 14.7. The van der Waals surface area contributed by atoms with Crippen LogP contribution in [-0.4, -0.2) is 28.0 Å². The third-order valence-corrected chi connectivity index (χ3v) is 5.07. The molecule has 0 atom stereocenters. The highest BCUT2D eigenvalue weighted by Gasteiger charge is 2.14. The lowest BCUT2D eigenvalue weighted by Gasteiger charge is -2.09. The minimum absolute atomic E-state index is 0.267. The van der Waals surface area contributed by atoms with Crippen LogP contribution in [0.3, 0.4) is 0 Å². The van der Waals surface area contributed by atoms with Crippen molar-refractivity contribution in [2.45, 2.75) is 0 Å². The number of nitrogens with zero attached hydrogens (tertiary/aromatic N) is 3. The van der Waals surface area contributed by atoms with Gasteiger partial charge in [-0.3, -0.25) is 4.79 Å². The highest BCUT2D eigenvalue weighted by atomic mass is 79.9. The summed E-state index contributed by atoms with van der Waals surface area (Å²) in [7, 11) is 1.53. The van der Waals surface area contributed by atoms with Crippen molar-refractivity contribution in [3.8, 4) is 11.4 Å². The van der Waals surface area contributed by atoms with Crippen LogP contribution in [0, 0.1) is 0 Å². The van der Waals surface area contributed by atoms with Crippen molar-refractivity contribution in [1.82, 2.24) is 15.0 Å². The Bertz CT molecular complexity index is 1190. The van der Waals surface area contributed by atoms with E-state index in [4.69, 9.17) is 4.74 Å². The number of rotatable bonds is 4. The molecule has 8 heteroatoms. The molecule has 28 heavy (non-hydrogen) atoms. The van der Waals surface area contributed by atoms with Gasteiger partial charge in [0.15, 0.2) is 0 Å². The first-order valence-corrected chi connectivity index (χ1v) is 9.90. The van der Waals surface area contributed by atoms with Gasteiger partial charge in [-0.25, -0.2) is 0 Å². The van der Waals surface area contributed by atoms with Gasteiger partial charge in [-0.05, 0) is 54.6 Å². The third-order valence-electron chi connectivity index (χ3n) is 4.08. The molecule has 4 rings (SSSR count). The molecule has 0 fully saturated rings. The zero-order chi connectivity index (χ0) is 19.7. The van der Waals surface area contributed by atoms with Gasteiger partial charge in [0, 0.05) is 14.6 Å². The van der Waals surface area contributed by atoms with E-state index in [2.05, 4.69) is 47.4 Å². The molecule has 140 valence electrons. The lowest BCUT2D eigenvalue weighted by molar-refractivity contribution is 0.102. The Morgan fingerprint density at radius 3 is 2.54 bits per heavy atom. The van der Waals surface area contributed by atoms with E-state index in [1.807, 2.05) is 36.4 Å². The number of methoxy groups -OCH3 is 1. The van der Waals surface area contributed by atoms with Gasteiger partial charge in [0.25, 0.3) is 5.91 Å². The largest absolute Gasteiger partial charge is 0.496 e. The molecule has 0 aliphatic rings. The van der Waals surface area contributed by atoms with Gasteiger partial charge in [0.05, 0.1) is 18.4 Å². The van der Waals surface area contributed by atoms with Crippen molar-refractivity contribution < 1.29 is 9.53 Å². The summed E-state index contributed by atoms with van der Waals surface area (Å²) in [5, 5.41) is 11.9. The third kappa shape index (κ3) is 3.79. The number of anilines is 1. The average molecular weight is 502 g/mol. The first-order chi connectivity index (χ1) is 13.5. The number of hydrogen-bond acceptors (Lipinski definition) is 4. The highest BCUT2D eigenvalue weighted by molar-refractivity contribution is 9.10. The second-order valence-corrected chi connectivity index (χ2v) is 7.80. The number of ether oxygens (including phenoxy) is 1. The maximum absolute atomic E-state index is 12.7. The first kappa shape index (κ1) is 18.6. The standard InChI is InChI=1S/C20H14Br2N4O2/c1-28-19-8-5-13(22)10-16(19)20(27)23-14-6-7-17-18(11-14)25-26(24-17)15-4-2-3-12(21)9-15/h2-11H,1H3,(H,23,27). The van der Waals surface area contributed by atoms with E-state index < -0.39 is 0 Å². The Kier molecular flexibility index (Phi) is 5.15. The summed E-state index contributed by atoms with van der Waals surface area (Å²) in [6.07, 6.45) is 0. The molecule has 0 spiro atoms. The molecular formula is C20H14Br2N4O2. The summed E-state index contributed by atoms with van der Waals surface area (Å²) >= 11 is 6.83. The second kappa shape index (κ2) is 7.73. The van der Waals surface area contributed by atoms with Gasteiger partial charge in [-0.15, -0.1) is 10.2 Å². The van der Waals surface area contributed by atoms with Crippen LogP contribution < -0.4 is 10.1 Å². The molecule has 1 amide bonds. The van der Waals surface area contributed by atoms with Crippen LogP contribution in [0.15, 0.2) is 69.6 Å². The van der Waals surface area contributed by atoms with Gasteiger partial charge in [0.1, 0.15) is 16.8 Å². The maximum atomic E-state index is 12.7. The predicted molar refractivity (Wildman–Crippen MR) is 115 cm³/mol. The van der Waals surface area contributed by atoms with E-state index in [9.17, 15) is 4.79 Å². The number of benzene rings is 3. The molecule has 0 unspecified atom stereocenters. The highest BCUT2D eigenvalue weighted by Crippen LogP contribution is 2.25. The van der Waals surface area contributed by atoms with Crippen LogP contribution in [-0.2, 0) is 0 Å². The number of amides is 1. The number of aromatic nitrogens is 3. The summed E-state index contributed by atoms with van der Waals surface area (Å²) in [6.45, 7) is 0. The lowest BCUT2D eigenvalue weighted by Crippen LogP contribution is -2.13. The molecule has 1 N–H and O–H groups in total. The zero-order valence-corrected chi connectivity index (χ0v) is 17.9. The van der Waals surface area contributed by atoms with Crippen molar-refractivity contribution in [2.75, 3.05) is 12.4 Å². The van der Waals surface area contributed by atoms with Crippen LogP contribution in [0.25, 0.3) is 16.7 Å². The van der Waals surface area contributed by atoms with Gasteiger partial charge in [-0.1, -0.05) is 37.9 Å². The number of halogens is 2. The summed E-state index contributed by atoms with van der Waals surface area (Å²) < 4.78 is 7.02. The fourth-order valence-electron chi connectivity index (χ4n) is 2.76. The van der Waals surface area contributed by atoms with E-state index in [-0.39, 0.29) is 5.91 Å². The molecule has 1 aromatic heterocycles. The molecule has 0 saturated heterocycles. The Morgan fingerprint density at radius 1 is 0.964 bits per heavy atom. The van der Waals surface area contributed by atoms with Crippen LogP contribution in [0.4, 0.5) is 5.69 Å². The normalized spacial score (nSPS) is 10.8. The number of nitrogens with one attached hydrogen (secondary N) is 1. The number of fused-ring (bicyclic) bond motifs is 1. The molecule has 0 radical (unpaired) electrons. The Morgan fingerprint density at radius 2 is 1.75 bits per heavy atom. The van der Waals surface area contributed by atoms with Crippen LogP contribution >= 0.6 is 31.9 Å². The Hall–Kier alpha value is -2.71. The molecule has 0 bridgehead atoms. The molecule has 6 nitrogen and oxygen atoms in total. The molecule has 4 aromatic rings. The quantitative estimate of drug-likeness (QED) is 0.417. The Balaban J connectivity index is 1.63. The molecule has 0 saturated carbocycles. The summed E-state index contributed by atoms with van der Waals surface area (Å²) in [6, 6.07) is 18.4. The van der Waals surface area contributed by atoms with E-state index in [0.717, 1.165) is 20.1 Å². The van der Waals surface area contributed by atoms with E-state index in [1.54, 1.807) is 29.1 Å². The smallest absolute Gasteiger partial charge is 0.259 e. The fourth-order valence-corrected chi connectivity index (χ4v) is 3.51. The summed E-state index contributed by atoms with van der Waals surface area (Å²) in [4.78, 5) is 14.3. The Labute approximate surface area is 177 Å². The summed E-state index contributed by atoms with van der Waals surface area (Å²) in [5.41, 5.74) is 3.32. The van der Waals surface area contributed by atoms with Gasteiger partial charge >= 0.3 is 0 Å². The molecule has 3 aromatic carbocycles. The van der Waals surface area contributed by atoms with Gasteiger partial charge in [-0.2, -0.15) is 4.80 Å². The van der Waals surface area contributed by atoms with Crippen LogP contribution in [0.5, 0.6) is 5.75 Å². The van der Waals surface area contributed by atoms with Crippen molar-refractivity contribution in [1.29, 1.82) is 0 Å². The number of carbonyl (C=O) groups is 1. The molecule has 0 aliphatic heterocycles. The first-order valence-electron chi connectivity index (χ1n) is 8.31. The van der Waals surface area contributed by atoms with E-state index in [1.165, 1.54) is 7.11 Å². The second-order valence-electron chi connectivity index (χ2n) is 5.97. The van der Waals surface area contributed by atoms with Gasteiger partial charge < -0.3 is 10.1 Å². The molecule has 0 aliphatic carbocycles. The van der Waals surface area contributed by atoms with Crippen LogP contribution in [0.1, 0.15) is 10.4 Å². The molecular weight excluding hydrogens is 488 g/mol. The fraction of sp³-hybridized carbons (Fsp3) is 0.0500. The van der Waals surface area contributed by atoms with Crippen molar-refractivity contribution in [3.63, 3.8) is 0 Å². The minimum atomic E-state index is -0.267. The van der Waals surface area contributed by atoms with Gasteiger partial charge in [0.2, 0.25) is 0 Å². The number of hydrogen-bond donors (Lipinski definition) is 1. The van der Waals surface area contributed by atoms with E-state index >= 15 is 0 Å². The monoisotopic (exact) mass is 500 g/mol. The summed E-state index contributed by atoms with van der Waals surface area (Å²) in [5.74, 6) is 0.235. The average Bonchev–Trinajstić information content (AvgIpc) is 3.11. The minimum Gasteiger partial charge on any atom is -0.496 e. The number of carbonyl (C=O) groups excluding carboxylic acids is 1. The van der Waals surface area contributed by atoms with Crippen molar-refractivity contribution >= 4 is 54.5 Å². The van der Waals surface area contributed by atoms with Crippen LogP contribution in [0.2, 0.25) is 0 Å². The SMILES string of the molecule is COc1ccc(Br)cc1C(=O)Nc1ccc2nn(-c3cccc(Br)c3)nc2c1. The van der Waals surface area contributed by atoms with Crippen molar-refractivity contribution in [2.24, 2.45) is 0 Å².